The van der Waals surface area contributed by atoms with Crippen LogP contribution in [-0.2, 0) is 6.54 Å². The second kappa shape index (κ2) is 5.39. The van der Waals surface area contributed by atoms with Crippen molar-refractivity contribution in [2.24, 2.45) is 5.41 Å². The van der Waals surface area contributed by atoms with E-state index in [0.29, 0.717) is 12.0 Å². The first-order chi connectivity index (χ1) is 10.1. The Balaban J connectivity index is 1.52. The summed E-state index contributed by atoms with van der Waals surface area (Å²) in [5.74, 6) is -0.936. The lowest BCUT2D eigenvalue weighted by atomic mass is 9.95. The van der Waals surface area contributed by atoms with Gasteiger partial charge in [0, 0.05) is 19.6 Å². The molecule has 2 amide bonds. The Morgan fingerprint density at radius 1 is 1.19 bits per heavy atom. The number of amides is 2. The van der Waals surface area contributed by atoms with Crippen molar-refractivity contribution in [3.05, 3.63) is 35.4 Å². The van der Waals surface area contributed by atoms with Crippen LogP contribution in [0.15, 0.2) is 24.3 Å². The van der Waals surface area contributed by atoms with E-state index in [1.807, 2.05) is 4.90 Å². The van der Waals surface area contributed by atoms with Gasteiger partial charge in [0.1, 0.15) is 0 Å². The summed E-state index contributed by atoms with van der Waals surface area (Å²) in [5.41, 5.74) is 1.60. The number of carboxylic acid groups (broad SMARTS) is 1. The molecule has 2 fully saturated rings. The number of carboxylic acids is 1. The maximum absolute atomic E-state index is 12.2. The van der Waals surface area contributed by atoms with E-state index in [4.69, 9.17) is 5.11 Å². The van der Waals surface area contributed by atoms with Gasteiger partial charge in [0.05, 0.1) is 5.56 Å². The van der Waals surface area contributed by atoms with Crippen LogP contribution in [0.25, 0.3) is 0 Å². The molecular weight excluding hydrogens is 268 g/mol. The summed E-state index contributed by atoms with van der Waals surface area (Å²) in [5, 5.41) is 11.8. The van der Waals surface area contributed by atoms with Gasteiger partial charge in [0.2, 0.25) is 0 Å². The quantitative estimate of drug-likeness (QED) is 0.897. The molecule has 1 aliphatic carbocycles. The van der Waals surface area contributed by atoms with Gasteiger partial charge in [-0.15, -0.1) is 0 Å². The van der Waals surface area contributed by atoms with Crippen molar-refractivity contribution in [2.45, 2.75) is 32.2 Å². The van der Waals surface area contributed by atoms with Crippen molar-refractivity contribution in [2.75, 3.05) is 13.1 Å². The Morgan fingerprint density at radius 3 is 2.52 bits per heavy atom. The zero-order chi connectivity index (χ0) is 14.9. The van der Waals surface area contributed by atoms with Gasteiger partial charge >= 0.3 is 12.0 Å². The topological polar surface area (TPSA) is 69.6 Å². The molecule has 1 saturated carbocycles. The number of carbonyl (C=O) groups excluding carboxylic acids is 1. The van der Waals surface area contributed by atoms with Crippen LogP contribution >= 0.6 is 0 Å². The molecule has 112 valence electrons. The van der Waals surface area contributed by atoms with Gasteiger partial charge in [-0.3, -0.25) is 0 Å². The van der Waals surface area contributed by atoms with Crippen molar-refractivity contribution < 1.29 is 14.7 Å². The minimum atomic E-state index is -0.936. The largest absolute Gasteiger partial charge is 0.478 e. The number of hydrogen-bond donors (Lipinski definition) is 2. The molecule has 1 saturated heterocycles. The molecule has 2 aliphatic rings. The van der Waals surface area contributed by atoms with Gasteiger partial charge in [-0.1, -0.05) is 12.1 Å². The van der Waals surface area contributed by atoms with Gasteiger partial charge in [-0.2, -0.15) is 0 Å². The number of piperidine rings is 1. The molecule has 1 heterocycles. The minimum Gasteiger partial charge on any atom is -0.478 e. The summed E-state index contributed by atoms with van der Waals surface area (Å²) >= 11 is 0. The average Bonchev–Trinajstić information content (AvgIpc) is 3.24. The molecule has 1 aromatic rings. The number of nitrogens with one attached hydrogen (secondary N) is 1. The molecule has 5 nitrogen and oxygen atoms in total. The van der Waals surface area contributed by atoms with Crippen molar-refractivity contribution in [1.29, 1.82) is 0 Å². The van der Waals surface area contributed by atoms with Crippen LogP contribution in [-0.4, -0.2) is 35.1 Å². The fraction of sp³-hybridized carbons (Fsp3) is 0.500. The first-order valence-corrected chi connectivity index (χ1v) is 7.43. The number of rotatable bonds is 3. The highest BCUT2D eigenvalue weighted by Crippen LogP contribution is 2.51. The number of nitrogens with zero attached hydrogens (tertiary/aromatic N) is 1. The molecule has 0 bridgehead atoms. The standard InChI is InChI=1S/C16H20N2O3/c19-14(20)13-4-2-12(3-5-13)10-17-15(21)18-9-1-6-16(11-18)7-8-16/h2-5H,1,6-11H2,(H,17,21)(H,19,20). The van der Waals surface area contributed by atoms with Crippen molar-refractivity contribution in [3.63, 3.8) is 0 Å². The lowest BCUT2D eigenvalue weighted by Gasteiger charge is -2.33. The molecule has 0 aromatic heterocycles. The molecule has 1 spiro atoms. The average molecular weight is 288 g/mol. The maximum Gasteiger partial charge on any atom is 0.335 e. The van der Waals surface area contributed by atoms with E-state index in [-0.39, 0.29) is 11.6 Å². The molecule has 21 heavy (non-hydrogen) atoms. The summed E-state index contributed by atoms with van der Waals surface area (Å²) in [6, 6.07) is 6.58. The Kier molecular flexibility index (Phi) is 3.57. The highest BCUT2D eigenvalue weighted by atomic mass is 16.4. The van der Waals surface area contributed by atoms with Crippen LogP contribution in [0, 0.1) is 5.41 Å². The Bertz CT molecular complexity index is 549. The molecule has 1 aromatic carbocycles. The second-order valence-corrected chi connectivity index (χ2v) is 6.19. The van der Waals surface area contributed by atoms with Crippen molar-refractivity contribution in [3.8, 4) is 0 Å². The van der Waals surface area contributed by atoms with Gasteiger partial charge in [0.25, 0.3) is 0 Å². The monoisotopic (exact) mass is 288 g/mol. The van der Waals surface area contributed by atoms with Gasteiger partial charge in [-0.25, -0.2) is 9.59 Å². The number of carbonyl (C=O) groups is 2. The fourth-order valence-corrected chi connectivity index (χ4v) is 3.02. The molecule has 0 atom stereocenters. The van der Waals surface area contributed by atoms with Crippen LogP contribution in [0.5, 0.6) is 0 Å². The van der Waals surface area contributed by atoms with Gasteiger partial charge in [-0.05, 0) is 48.8 Å². The first kappa shape index (κ1) is 13.9. The third kappa shape index (κ3) is 3.17. The van der Waals surface area contributed by atoms with Crippen LogP contribution in [0.2, 0.25) is 0 Å². The number of hydrogen-bond acceptors (Lipinski definition) is 2. The minimum absolute atomic E-state index is 0.0108. The summed E-state index contributed by atoms with van der Waals surface area (Å²) in [6.07, 6.45) is 4.87. The number of urea groups is 1. The normalized spacial score (nSPS) is 19.3. The predicted octanol–water partition coefficient (Wildman–Crippen LogP) is 2.47. The molecule has 0 radical (unpaired) electrons. The lowest BCUT2D eigenvalue weighted by molar-refractivity contribution is 0.0697. The number of benzene rings is 1. The molecule has 2 N–H and O–H groups in total. The van der Waals surface area contributed by atoms with E-state index in [9.17, 15) is 9.59 Å². The summed E-state index contributed by atoms with van der Waals surface area (Å²) < 4.78 is 0. The van der Waals surface area contributed by atoms with E-state index in [2.05, 4.69) is 5.32 Å². The Labute approximate surface area is 123 Å². The van der Waals surface area contributed by atoms with Crippen LogP contribution in [0.3, 0.4) is 0 Å². The number of likely N-dealkylation sites (tertiary alicyclic amines) is 1. The van der Waals surface area contributed by atoms with Crippen molar-refractivity contribution >= 4 is 12.0 Å². The predicted molar refractivity (Wildman–Crippen MR) is 78.1 cm³/mol. The SMILES string of the molecule is O=C(O)c1ccc(CNC(=O)N2CCCC3(CC3)C2)cc1. The lowest BCUT2D eigenvalue weighted by Crippen LogP contribution is -2.45. The van der Waals surface area contributed by atoms with Gasteiger partial charge in [0.15, 0.2) is 0 Å². The van der Waals surface area contributed by atoms with E-state index >= 15 is 0 Å². The maximum atomic E-state index is 12.2. The molecule has 0 unspecified atom stereocenters. The first-order valence-electron chi connectivity index (χ1n) is 7.43. The molecule has 3 rings (SSSR count). The Hall–Kier alpha value is -2.04. The van der Waals surface area contributed by atoms with E-state index < -0.39 is 5.97 Å². The van der Waals surface area contributed by atoms with Crippen LogP contribution < -0.4 is 5.32 Å². The highest BCUT2D eigenvalue weighted by molar-refractivity contribution is 5.87. The molecular formula is C16H20N2O3. The summed E-state index contributed by atoms with van der Waals surface area (Å²) in [4.78, 5) is 24.9. The second-order valence-electron chi connectivity index (χ2n) is 6.19. The van der Waals surface area contributed by atoms with E-state index in [1.54, 1.807) is 24.3 Å². The number of aromatic carboxylic acids is 1. The third-order valence-electron chi connectivity index (χ3n) is 4.55. The van der Waals surface area contributed by atoms with E-state index in [0.717, 1.165) is 25.1 Å². The smallest absolute Gasteiger partial charge is 0.335 e. The summed E-state index contributed by atoms with van der Waals surface area (Å²) in [7, 11) is 0. The third-order valence-corrected chi connectivity index (χ3v) is 4.55. The molecule has 5 heteroatoms. The highest BCUT2D eigenvalue weighted by Gasteiger charge is 2.46. The molecule has 1 aliphatic heterocycles. The van der Waals surface area contributed by atoms with E-state index in [1.165, 1.54) is 19.3 Å². The zero-order valence-corrected chi connectivity index (χ0v) is 12.0. The van der Waals surface area contributed by atoms with Crippen LogP contribution in [0.4, 0.5) is 4.79 Å². The zero-order valence-electron chi connectivity index (χ0n) is 12.0. The van der Waals surface area contributed by atoms with Gasteiger partial charge < -0.3 is 15.3 Å². The van der Waals surface area contributed by atoms with Crippen LogP contribution in [0.1, 0.15) is 41.6 Å². The Morgan fingerprint density at radius 2 is 1.90 bits per heavy atom. The summed E-state index contributed by atoms with van der Waals surface area (Å²) in [6.45, 7) is 2.16. The van der Waals surface area contributed by atoms with Crippen molar-refractivity contribution in [1.82, 2.24) is 10.2 Å². The fourth-order valence-electron chi connectivity index (χ4n) is 3.02.